The van der Waals surface area contributed by atoms with E-state index < -0.39 is 30.6 Å². The zero-order chi connectivity index (χ0) is 16.5. The van der Waals surface area contributed by atoms with Gasteiger partial charge in [-0.25, -0.2) is 4.39 Å². The number of hydrogen-bond acceptors (Lipinski definition) is 4. The van der Waals surface area contributed by atoms with Gasteiger partial charge in [0.2, 0.25) is 0 Å². The van der Waals surface area contributed by atoms with Crippen molar-refractivity contribution in [3.8, 4) is 0 Å². The van der Waals surface area contributed by atoms with Crippen LogP contribution in [0.2, 0.25) is 0 Å². The summed E-state index contributed by atoms with van der Waals surface area (Å²) in [4.78, 5) is 21.9. The monoisotopic (exact) mass is 312 g/mol. The van der Waals surface area contributed by atoms with Gasteiger partial charge >= 0.3 is 11.9 Å². The SMILES string of the molecule is N[C@@H](CCC(Cc1ccc(NCCF)cc1)C(=O)O)C(=O)O. The zero-order valence-electron chi connectivity index (χ0n) is 12.2. The van der Waals surface area contributed by atoms with Crippen LogP contribution in [-0.2, 0) is 16.0 Å². The summed E-state index contributed by atoms with van der Waals surface area (Å²) in [5.74, 6) is -2.79. The first-order valence-electron chi connectivity index (χ1n) is 7.04. The van der Waals surface area contributed by atoms with Crippen LogP contribution in [0.25, 0.3) is 0 Å². The molecule has 0 bridgehead atoms. The number of nitrogens with one attached hydrogen (secondary N) is 1. The summed E-state index contributed by atoms with van der Waals surface area (Å²) in [6.07, 6.45) is 0.609. The second-order valence-corrected chi connectivity index (χ2v) is 5.07. The standard InChI is InChI=1S/C15H21FN2O4/c16-7-8-18-12-4-1-10(2-5-12)9-11(14(19)20)3-6-13(17)15(21)22/h1-2,4-5,11,13,18H,3,6-9,17H2,(H,19,20)(H,21,22)/t11?,13-/m0/s1. The van der Waals surface area contributed by atoms with Crippen molar-refractivity contribution >= 4 is 17.6 Å². The molecule has 0 amide bonds. The van der Waals surface area contributed by atoms with Gasteiger partial charge in [0.25, 0.3) is 0 Å². The molecule has 2 atom stereocenters. The van der Waals surface area contributed by atoms with Gasteiger partial charge in [-0.3, -0.25) is 9.59 Å². The molecule has 0 aliphatic heterocycles. The van der Waals surface area contributed by atoms with Gasteiger partial charge in [0.15, 0.2) is 0 Å². The van der Waals surface area contributed by atoms with E-state index in [2.05, 4.69) is 5.32 Å². The molecule has 1 aromatic rings. The number of alkyl halides is 1. The molecular weight excluding hydrogens is 291 g/mol. The van der Waals surface area contributed by atoms with Crippen LogP contribution >= 0.6 is 0 Å². The Morgan fingerprint density at radius 3 is 2.27 bits per heavy atom. The largest absolute Gasteiger partial charge is 0.481 e. The van der Waals surface area contributed by atoms with Crippen molar-refractivity contribution < 1.29 is 24.2 Å². The molecule has 0 aromatic heterocycles. The van der Waals surface area contributed by atoms with E-state index in [1.807, 2.05) is 0 Å². The van der Waals surface area contributed by atoms with Crippen LogP contribution in [0.4, 0.5) is 10.1 Å². The number of halogens is 1. The van der Waals surface area contributed by atoms with Gasteiger partial charge in [-0.15, -0.1) is 0 Å². The average Bonchev–Trinajstić information content (AvgIpc) is 2.49. The smallest absolute Gasteiger partial charge is 0.320 e. The van der Waals surface area contributed by atoms with Crippen LogP contribution < -0.4 is 11.1 Å². The molecule has 0 aliphatic rings. The van der Waals surface area contributed by atoms with Crippen molar-refractivity contribution in [1.82, 2.24) is 0 Å². The molecule has 0 heterocycles. The Balaban J connectivity index is 2.59. The Labute approximate surface area is 128 Å². The number of anilines is 1. The summed E-state index contributed by atoms with van der Waals surface area (Å²) in [5.41, 5.74) is 6.98. The first kappa shape index (κ1) is 17.9. The third kappa shape index (κ3) is 6.09. The number of benzene rings is 1. The van der Waals surface area contributed by atoms with Crippen molar-refractivity contribution in [3.63, 3.8) is 0 Å². The topological polar surface area (TPSA) is 113 Å². The number of carboxylic acid groups (broad SMARTS) is 2. The van der Waals surface area contributed by atoms with Crippen LogP contribution in [0, 0.1) is 5.92 Å². The molecule has 122 valence electrons. The van der Waals surface area contributed by atoms with Gasteiger partial charge in [-0.2, -0.15) is 0 Å². The van der Waals surface area contributed by atoms with Gasteiger partial charge in [-0.1, -0.05) is 12.1 Å². The van der Waals surface area contributed by atoms with Crippen molar-refractivity contribution in [2.75, 3.05) is 18.5 Å². The van der Waals surface area contributed by atoms with Crippen LogP contribution in [0.1, 0.15) is 18.4 Å². The fourth-order valence-corrected chi connectivity index (χ4v) is 2.05. The molecule has 0 fully saturated rings. The number of carbonyl (C=O) groups is 2. The lowest BCUT2D eigenvalue weighted by molar-refractivity contribution is -0.143. The van der Waals surface area contributed by atoms with Crippen molar-refractivity contribution in [2.24, 2.45) is 11.7 Å². The van der Waals surface area contributed by atoms with Crippen LogP contribution in [0.3, 0.4) is 0 Å². The summed E-state index contributed by atoms with van der Waals surface area (Å²) in [6, 6.07) is 6.01. The number of hydrogen-bond donors (Lipinski definition) is 4. The molecule has 22 heavy (non-hydrogen) atoms. The second-order valence-electron chi connectivity index (χ2n) is 5.07. The molecule has 0 spiro atoms. The van der Waals surface area contributed by atoms with Gasteiger partial charge in [0, 0.05) is 12.2 Å². The van der Waals surface area contributed by atoms with Crippen LogP contribution in [0.5, 0.6) is 0 Å². The van der Waals surface area contributed by atoms with E-state index in [0.717, 1.165) is 11.3 Å². The highest BCUT2D eigenvalue weighted by Crippen LogP contribution is 2.18. The second kappa shape index (κ2) is 8.99. The predicted molar refractivity (Wildman–Crippen MR) is 80.6 cm³/mol. The fourth-order valence-electron chi connectivity index (χ4n) is 2.05. The maximum atomic E-state index is 12.0. The van der Waals surface area contributed by atoms with E-state index in [0.29, 0.717) is 6.42 Å². The van der Waals surface area contributed by atoms with Crippen molar-refractivity contribution in [1.29, 1.82) is 0 Å². The highest BCUT2D eigenvalue weighted by molar-refractivity contribution is 5.73. The Kier molecular flexibility index (Phi) is 7.31. The first-order chi connectivity index (χ1) is 10.4. The highest BCUT2D eigenvalue weighted by atomic mass is 19.1. The number of nitrogens with two attached hydrogens (primary N) is 1. The number of carboxylic acids is 2. The Bertz CT molecular complexity index is 493. The lowest BCUT2D eigenvalue weighted by Gasteiger charge is -2.14. The Hall–Kier alpha value is -2.15. The van der Waals surface area contributed by atoms with Crippen molar-refractivity contribution in [3.05, 3.63) is 29.8 Å². The van der Waals surface area contributed by atoms with E-state index >= 15 is 0 Å². The minimum absolute atomic E-state index is 0.114. The quantitative estimate of drug-likeness (QED) is 0.521. The number of aliphatic carboxylic acids is 2. The third-order valence-electron chi connectivity index (χ3n) is 3.35. The van der Waals surface area contributed by atoms with Crippen LogP contribution in [0.15, 0.2) is 24.3 Å². The Morgan fingerprint density at radius 2 is 1.77 bits per heavy atom. The summed E-state index contributed by atoms with van der Waals surface area (Å²) >= 11 is 0. The highest BCUT2D eigenvalue weighted by Gasteiger charge is 2.21. The van der Waals surface area contributed by atoms with Gasteiger partial charge in [0.05, 0.1) is 5.92 Å². The molecule has 0 aliphatic carbocycles. The summed E-state index contributed by atoms with van der Waals surface area (Å²) in [5, 5.41) is 20.8. The molecule has 1 aromatic carbocycles. The fraction of sp³-hybridized carbons (Fsp3) is 0.467. The maximum Gasteiger partial charge on any atom is 0.320 e. The van der Waals surface area contributed by atoms with E-state index in [-0.39, 0.29) is 19.4 Å². The minimum atomic E-state index is -1.13. The first-order valence-corrected chi connectivity index (χ1v) is 7.04. The minimum Gasteiger partial charge on any atom is -0.481 e. The summed E-state index contributed by atoms with van der Waals surface area (Å²) in [6.45, 7) is -0.239. The lowest BCUT2D eigenvalue weighted by Crippen LogP contribution is -2.31. The van der Waals surface area contributed by atoms with Crippen molar-refractivity contribution in [2.45, 2.75) is 25.3 Å². The maximum absolute atomic E-state index is 12.0. The van der Waals surface area contributed by atoms with Crippen LogP contribution in [-0.4, -0.2) is 41.4 Å². The molecule has 1 rings (SSSR count). The molecule has 0 saturated heterocycles. The summed E-state index contributed by atoms with van der Waals surface area (Å²) in [7, 11) is 0. The Morgan fingerprint density at radius 1 is 1.14 bits per heavy atom. The average molecular weight is 312 g/mol. The predicted octanol–water partition coefficient (Wildman–Crippen LogP) is 1.50. The van der Waals surface area contributed by atoms with E-state index in [1.165, 1.54) is 0 Å². The molecule has 5 N–H and O–H groups in total. The molecule has 0 saturated carbocycles. The van der Waals surface area contributed by atoms with Gasteiger partial charge < -0.3 is 21.3 Å². The van der Waals surface area contributed by atoms with E-state index in [4.69, 9.17) is 10.8 Å². The molecule has 7 heteroatoms. The molecule has 0 radical (unpaired) electrons. The van der Waals surface area contributed by atoms with Gasteiger partial charge in [0.1, 0.15) is 12.7 Å². The zero-order valence-corrected chi connectivity index (χ0v) is 12.2. The summed E-state index contributed by atoms with van der Waals surface area (Å²) < 4.78 is 12.0. The van der Waals surface area contributed by atoms with Gasteiger partial charge in [-0.05, 0) is 37.0 Å². The number of rotatable bonds is 10. The normalized spacial score (nSPS) is 13.4. The molecular formula is C15H21FN2O4. The van der Waals surface area contributed by atoms with E-state index in [9.17, 15) is 19.1 Å². The molecule has 6 nitrogen and oxygen atoms in total. The third-order valence-corrected chi connectivity index (χ3v) is 3.35. The molecule has 1 unspecified atom stereocenters. The lowest BCUT2D eigenvalue weighted by atomic mass is 9.93. The van der Waals surface area contributed by atoms with E-state index in [1.54, 1.807) is 24.3 Å².